The van der Waals surface area contributed by atoms with Crippen molar-refractivity contribution in [3.63, 3.8) is 0 Å². The first kappa shape index (κ1) is 10.7. The minimum atomic E-state index is -1.20. The van der Waals surface area contributed by atoms with Crippen molar-refractivity contribution in [2.24, 2.45) is 5.73 Å². The van der Waals surface area contributed by atoms with Crippen molar-refractivity contribution in [3.8, 4) is 0 Å². The summed E-state index contributed by atoms with van der Waals surface area (Å²) in [6.45, 7) is 2.15. The van der Waals surface area contributed by atoms with E-state index in [1.54, 1.807) is 0 Å². The maximum absolute atomic E-state index is 14.2. The lowest BCUT2D eigenvalue weighted by Crippen LogP contribution is -2.35. The topological polar surface area (TPSA) is 26.0 Å². The average Bonchev–Trinajstić information content (AvgIpc) is 2.19. The molecule has 0 aromatic heterocycles. The molecule has 0 aromatic carbocycles. The number of hydrogen-bond donors (Lipinski definition) is 1. The Balaban J connectivity index is 2.68. The Bertz CT molecular complexity index is 189. The first-order valence-electron chi connectivity index (χ1n) is 5.31. The second kappa shape index (κ2) is 4.75. The minimum absolute atomic E-state index is 0.146. The van der Waals surface area contributed by atoms with Gasteiger partial charge in [-0.25, -0.2) is 4.39 Å². The van der Waals surface area contributed by atoms with Crippen molar-refractivity contribution in [1.82, 2.24) is 0 Å². The largest absolute Gasteiger partial charge is 0.327 e. The Morgan fingerprint density at radius 1 is 1.54 bits per heavy atom. The predicted octanol–water partition coefficient (Wildman–Crippen LogP) is 2.95. The highest BCUT2D eigenvalue weighted by molar-refractivity contribution is 5.19. The molecule has 0 saturated carbocycles. The van der Waals surface area contributed by atoms with Gasteiger partial charge in [0.1, 0.15) is 5.67 Å². The van der Waals surface area contributed by atoms with Crippen LogP contribution in [0.25, 0.3) is 0 Å². The maximum Gasteiger partial charge on any atom is 0.144 e. The second-order valence-corrected chi connectivity index (χ2v) is 3.89. The number of hydrogen-bond acceptors (Lipinski definition) is 1. The van der Waals surface area contributed by atoms with E-state index >= 15 is 0 Å². The second-order valence-electron chi connectivity index (χ2n) is 3.89. The van der Waals surface area contributed by atoms with Gasteiger partial charge in [-0.1, -0.05) is 19.4 Å². The summed E-state index contributed by atoms with van der Waals surface area (Å²) in [5, 5.41) is 0. The lowest BCUT2D eigenvalue weighted by atomic mass is 9.84. The summed E-state index contributed by atoms with van der Waals surface area (Å²) in [7, 11) is 0. The van der Waals surface area contributed by atoms with Crippen LogP contribution in [0.4, 0.5) is 4.39 Å². The summed E-state index contributed by atoms with van der Waals surface area (Å²) in [4.78, 5) is 0. The van der Waals surface area contributed by atoms with Crippen LogP contribution in [0.2, 0.25) is 0 Å². The molecule has 1 aliphatic rings. The van der Waals surface area contributed by atoms with Crippen LogP contribution in [0.5, 0.6) is 0 Å². The Kier molecular flexibility index (Phi) is 3.91. The molecule has 1 aliphatic carbocycles. The molecule has 0 saturated heterocycles. The highest BCUT2D eigenvalue weighted by Gasteiger charge is 2.31. The van der Waals surface area contributed by atoms with Gasteiger partial charge in [0.25, 0.3) is 0 Å². The molecule has 0 radical (unpaired) electrons. The molecule has 1 atom stereocenters. The van der Waals surface area contributed by atoms with E-state index in [-0.39, 0.29) is 6.54 Å². The van der Waals surface area contributed by atoms with Gasteiger partial charge in [0.15, 0.2) is 0 Å². The fraction of sp³-hybridized carbons (Fsp3) is 0.818. The first-order valence-corrected chi connectivity index (χ1v) is 5.31. The molecular weight excluding hydrogens is 165 g/mol. The highest BCUT2D eigenvalue weighted by atomic mass is 19.1. The van der Waals surface area contributed by atoms with Gasteiger partial charge in [0, 0.05) is 6.54 Å². The Morgan fingerprint density at radius 3 is 2.77 bits per heavy atom. The lowest BCUT2D eigenvalue weighted by molar-refractivity contribution is 0.196. The molecule has 1 rings (SSSR count). The van der Waals surface area contributed by atoms with Crippen molar-refractivity contribution in [1.29, 1.82) is 0 Å². The molecule has 1 nitrogen and oxygen atoms in total. The molecule has 2 heteroatoms. The number of halogens is 1. The summed E-state index contributed by atoms with van der Waals surface area (Å²) in [5.41, 5.74) is 5.27. The standard InChI is InChI=1S/C11H20FN/c1-2-8-11(12,9-13)10-6-4-3-5-7-10/h6H,2-5,7-9,13H2,1H3. The first-order chi connectivity index (χ1) is 6.23. The van der Waals surface area contributed by atoms with Gasteiger partial charge in [-0.05, 0) is 37.7 Å². The van der Waals surface area contributed by atoms with Gasteiger partial charge in [-0.3, -0.25) is 0 Å². The van der Waals surface area contributed by atoms with Crippen LogP contribution in [-0.2, 0) is 0 Å². The van der Waals surface area contributed by atoms with Crippen molar-refractivity contribution in [2.75, 3.05) is 6.54 Å². The van der Waals surface area contributed by atoms with E-state index in [1.165, 1.54) is 6.42 Å². The van der Waals surface area contributed by atoms with Crippen LogP contribution in [-0.4, -0.2) is 12.2 Å². The van der Waals surface area contributed by atoms with E-state index in [1.807, 2.05) is 6.92 Å². The number of rotatable bonds is 4. The van der Waals surface area contributed by atoms with Crippen LogP contribution >= 0.6 is 0 Å². The molecule has 76 valence electrons. The summed E-state index contributed by atoms with van der Waals surface area (Å²) in [6.07, 6.45) is 7.78. The van der Waals surface area contributed by atoms with E-state index in [0.717, 1.165) is 31.3 Å². The molecule has 0 aromatic rings. The quantitative estimate of drug-likeness (QED) is 0.669. The summed E-state index contributed by atoms with van der Waals surface area (Å²) < 4.78 is 14.2. The molecule has 0 spiro atoms. The third-order valence-corrected chi connectivity index (χ3v) is 2.84. The van der Waals surface area contributed by atoms with Crippen LogP contribution in [0.1, 0.15) is 45.4 Å². The van der Waals surface area contributed by atoms with Crippen molar-refractivity contribution in [2.45, 2.75) is 51.1 Å². The van der Waals surface area contributed by atoms with E-state index < -0.39 is 5.67 Å². The van der Waals surface area contributed by atoms with E-state index in [0.29, 0.717) is 6.42 Å². The van der Waals surface area contributed by atoms with Crippen molar-refractivity contribution in [3.05, 3.63) is 11.6 Å². The zero-order valence-electron chi connectivity index (χ0n) is 8.48. The third-order valence-electron chi connectivity index (χ3n) is 2.84. The number of alkyl halides is 1. The Morgan fingerprint density at radius 2 is 2.31 bits per heavy atom. The Hall–Kier alpha value is -0.370. The van der Waals surface area contributed by atoms with Gasteiger partial charge in [-0.15, -0.1) is 0 Å². The van der Waals surface area contributed by atoms with Crippen LogP contribution < -0.4 is 5.73 Å². The lowest BCUT2D eigenvalue weighted by Gasteiger charge is -2.28. The highest BCUT2D eigenvalue weighted by Crippen LogP contribution is 2.33. The van der Waals surface area contributed by atoms with Crippen molar-refractivity contribution >= 4 is 0 Å². The van der Waals surface area contributed by atoms with E-state index in [2.05, 4.69) is 6.08 Å². The smallest absolute Gasteiger partial charge is 0.144 e. The zero-order valence-corrected chi connectivity index (χ0v) is 8.48. The van der Waals surface area contributed by atoms with Crippen LogP contribution in [0, 0.1) is 0 Å². The SMILES string of the molecule is CCCC(F)(CN)C1=CCCCC1. The number of allylic oxidation sites excluding steroid dienone is 1. The van der Waals surface area contributed by atoms with Gasteiger partial charge in [0.05, 0.1) is 0 Å². The minimum Gasteiger partial charge on any atom is -0.327 e. The predicted molar refractivity (Wildman–Crippen MR) is 54.4 cm³/mol. The normalized spacial score (nSPS) is 22.2. The van der Waals surface area contributed by atoms with Crippen LogP contribution in [0.3, 0.4) is 0 Å². The van der Waals surface area contributed by atoms with E-state index in [9.17, 15) is 4.39 Å². The maximum atomic E-state index is 14.2. The van der Waals surface area contributed by atoms with Gasteiger partial charge >= 0.3 is 0 Å². The van der Waals surface area contributed by atoms with Crippen molar-refractivity contribution < 1.29 is 4.39 Å². The molecule has 0 amide bonds. The molecule has 0 heterocycles. The van der Waals surface area contributed by atoms with E-state index in [4.69, 9.17) is 5.73 Å². The monoisotopic (exact) mass is 185 g/mol. The average molecular weight is 185 g/mol. The fourth-order valence-electron chi connectivity index (χ4n) is 2.04. The fourth-order valence-corrected chi connectivity index (χ4v) is 2.04. The molecule has 2 N–H and O–H groups in total. The molecule has 0 bridgehead atoms. The van der Waals surface area contributed by atoms with Gasteiger partial charge in [-0.2, -0.15) is 0 Å². The zero-order chi connectivity index (χ0) is 9.73. The van der Waals surface area contributed by atoms with Gasteiger partial charge < -0.3 is 5.73 Å². The van der Waals surface area contributed by atoms with Crippen LogP contribution in [0.15, 0.2) is 11.6 Å². The molecule has 13 heavy (non-hydrogen) atoms. The molecule has 0 aliphatic heterocycles. The molecule has 0 fully saturated rings. The molecule has 1 unspecified atom stereocenters. The summed E-state index contributed by atoms with van der Waals surface area (Å²) >= 11 is 0. The van der Waals surface area contributed by atoms with Gasteiger partial charge in [0.2, 0.25) is 0 Å². The number of nitrogens with two attached hydrogens (primary N) is 1. The molecular formula is C11H20FN. The third kappa shape index (κ3) is 2.53. The Labute approximate surface area is 80.2 Å². The summed E-state index contributed by atoms with van der Waals surface area (Å²) in [5.74, 6) is 0. The summed E-state index contributed by atoms with van der Waals surface area (Å²) in [6, 6.07) is 0.